The minimum Gasteiger partial charge on any atom is -0.463 e. The van der Waals surface area contributed by atoms with Gasteiger partial charge in [-0.15, -0.1) is 0 Å². The zero-order valence-corrected chi connectivity index (χ0v) is 10.8. The predicted octanol–water partition coefficient (Wildman–Crippen LogP) is 1.84. The Bertz CT molecular complexity index is 215. The summed E-state index contributed by atoms with van der Waals surface area (Å²) in [5.74, 6) is -0.275. The molecule has 1 N–H and O–H groups in total. The van der Waals surface area contributed by atoms with E-state index in [4.69, 9.17) is 4.74 Å². The van der Waals surface area contributed by atoms with Crippen LogP contribution in [-0.2, 0) is 9.53 Å². The summed E-state index contributed by atoms with van der Waals surface area (Å²) in [4.78, 5) is 10.9. The Balaban J connectivity index is 3.58. The molecule has 15 heavy (non-hydrogen) atoms. The van der Waals surface area contributed by atoms with Gasteiger partial charge in [0.25, 0.3) is 0 Å². The van der Waals surface area contributed by atoms with E-state index in [1.54, 1.807) is 13.0 Å². The molecule has 0 amide bonds. The zero-order chi connectivity index (χ0) is 11.7. The van der Waals surface area contributed by atoms with Crippen LogP contribution in [0.15, 0.2) is 12.2 Å². The van der Waals surface area contributed by atoms with E-state index in [9.17, 15) is 4.79 Å². The molecule has 0 aromatic rings. The van der Waals surface area contributed by atoms with Crippen molar-refractivity contribution in [3.8, 4) is 0 Å². The third kappa shape index (κ3) is 8.51. The second-order valence-corrected chi connectivity index (χ2v) is 5.26. The van der Waals surface area contributed by atoms with Crippen molar-refractivity contribution in [3.63, 3.8) is 0 Å². The van der Waals surface area contributed by atoms with Gasteiger partial charge in [0, 0.05) is 23.9 Å². The normalized spacial score (nSPS) is 12.0. The summed E-state index contributed by atoms with van der Waals surface area (Å²) in [6, 6.07) is 0. The zero-order valence-electron chi connectivity index (χ0n) is 10.0. The fourth-order valence-electron chi connectivity index (χ4n) is 0.874. The van der Waals surface area contributed by atoms with Gasteiger partial charge in [0.2, 0.25) is 0 Å². The molecule has 0 heterocycles. The Morgan fingerprint density at radius 2 is 2.20 bits per heavy atom. The number of esters is 1. The van der Waals surface area contributed by atoms with Crippen LogP contribution in [0.1, 0.15) is 20.8 Å². The fourth-order valence-corrected chi connectivity index (χ4v) is 1.12. The smallest absolute Gasteiger partial charge is 0.330 e. The quantitative estimate of drug-likeness (QED) is 0.412. The number of hydrogen-bond donors (Lipinski definition) is 1. The van der Waals surface area contributed by atoms with Crippen LogP contribution in [0, 0.1) is 0 Å². The van der Waals surface area contributed by atoms with Crippen LogP contribution in [0.2, 0.25) is 0 Å². The second-order valence-electron chi connectivity index (χ2n) is 3.75. The van der Waals surface area contributed by atoms with Gasteiger partial charge in [-0.25, -0.2) is 4.79 Å². The number of hydrogen-bond acceptors (Lipinski definition) is 4. The minimum atomic E-state index is -0.275. The Labute approximate surface area is 96.6 Å². The van der Waals surface area contributed by atoms with Crippen LogP contribution in [0.4, 0.5) is 0 Å². The van der Waals surface area contributed by atoms with Crippen LogP contribution in [-0.4, -0.2) is 36.7 Å². The van der Waals surface area contributed by atoms with E-state index in [2.05, 4.69) is 25.4 Å². The number of thioether (sulfide) groups is 1. The largest absolute Gasteiger partial charge is 0.463 e. The highest BCUT2D eigenvalue weighted by atomic mass is 32.2. The number of nitrogens with one attached hydrogen (secondary N) is 1. The maximum absolute atomic E-state index is 10.9. The fraction of sp³-hybridized carbons (Fsp3) is 0.727. The molecule has 0 saturated heterocycles. The van der Waals surface area contributed by atoms with Crippen LogP contribution in [0.3, 0.4) is 0 Å². The van der Waals surface area contributed by atoms with Crippen molar-refractivity contribution in [1.82, 2.24) is 5.32 Å². The van der Waals surface area contributed by atoms with Gasteiger partial charge in [-0.1, -0.05) is 6.08 Å². The standard InChI is InChI=1S/C11H21NO2S/c1-5-14-10(13)7-6-8-12-9-11(2,3)15-4/h6-7,12H,5,8-9H2,1-4H3/b7-6+. The molecule has 0 saturated carbocycles. The van der Waals surface area contributed by atoms with Crippen molar-refractivity contribution in [2.45, 2.75) is 25.5 Å². The molecular formula is C11H21NO2S. The molecule has 0 bridgehead atoms. The van der Waals surface area contributed by atoms with E-state index in [0.29, 0.717) is 13.2 Å². The van der Waals surface area contributed by atoms with E-state index in [1.165, 1.54) is 6.08 Å². The highest BCUT2D eigenvalue weighted by Gasteiger charge is 2.13. The van der Waals surface area contributed by atoms with Gasteiger partial charge >= 0.3 is 5.97 Å². The van der Waals surface area contributed by atoms with Gasteiger partial charge in [0.05, 0.1) is 6.61 Å². The molecule has 0 rings (SSSR count). The molecule has 0 aliphatic carbocycles. The van der Waals surface area contributed by atoms with E-state index in [-0.39, 0.29) is 10.7 Å². The maximum atomic E-state index is 10.9. The van der Waals surface area contributed by atoms with Gasteiger partial charge in [-0.05, 0) is 27.0 Å². The van der Waals surface area contributed by atoms with Crippen molar-refractivity contribution in [2.75, 3.05) is 26.0 Å². The summed E-state index contributed by atoms with van der Waals surface area (Å²) in [5, 5.41) is 3.26. The maximum Gasteiger partial charge on any atom is 0.330 e. The minimum absolute atomic E-state index is 0.234. The Hall–Kier alpha value is -0.480. The van der Waals surface area contributed by atoms with Gasteiger partial charge in [-0.2, -0.15) is 11.8 Å². The Morgan fingerprint density at radius 1 is 1.53 bits per heavy atom. The second kappa shape index (κ2) is 7.77. The van der Waals surface area contributed by atoms with Crippen LogP contribution in [0.25, 0.3) is 0 Å². The molecule has 0 aliphatic heterocycles. The highest BCUT2D eigenvalue weighted by Crippen LogP contribution is 2.19. The molecule has 0 atom stereocenters. The molecule has 0 fully saturated rings. The highest BCUT2D eigenvalue weighted by molar-refractivity contribution is 7.99. The topological polar surface area (TPSA) is 38.3 Å². The molecule has 0 spiro atoms. The number of carbonyl (C=O) groups excluding carboxylic acids is 1. The lowest BCUT2D eigenvalue weighted by Gasteiger charge is -2.21. The number of carbonyl (C=O) groups is 1. The third-order valence-electron chi connectivity index (χ3n) is 1.91. The summed E-state index contributed by atoms with van der Waals surface area (Å²) >= 11 is 1.82. The molecule has 0 unspecified atom stereocenters. The Kier molecular flexibility index (Phi) is 7.52. The van der Waals surface area contributed by atoms with Crippen LogP contribution >= 0.6 is 11.8 Å². The van der Waals surface area contributed by atoms with Gasteiger partial charge in [0.15, 0.2) is 0 Å². The lowest BCUT2D eigenvalue weighted by atomic mass is 10.2. The van der Waals surface area contributed by atoms with E-state index < -0.39 is 0 Å². The van der Waals surface area contributed by atoms with Gasteiger partial charge < -0.3 is 10.1 Å². The summed E-state index contributed by atoms with van der Waals surface area (Å²) in [7, 11) is 0. The Morgan fingerprint density at radius 3 is 2.73 bits per heavy atom. The van der Waals surface area contributed by atoms with Gasteiger partial charge in [-0.3, -0.25) is 0 Å². The van der Waals surface area contributed by atoms with Crippen molar-refractivity contribution >= 4 is 17.7 Å². The molecule has 0 aromatic heterocycles. The van der Waals surface area contributed by atoms with Crippen molar-refractivity contribution in [3.05, 3.63) is 12.2 Å². The summed E-state index contributed by atoms with van der Waals surface area (Å²) in [6.07, 6.45) is 5.34. The number of ether oxygens (including phenoxy) is 1. The third-order valence-corrected chi connectivity index (χ3v) is 3.16. The van der Waals surface area contributed by atoms with E-state index in [0.717, 1.165) is 6.54 Å². The summed E-state index contributed by atoms with van der Waals surface area (Å²) in [5.41, 5.74) is 0. The molecule has 0 aromatic carbocycles. The van der Waals surface area contributed by atoms with Crippen LogP contribution < -0.4 is 5.32 Å². The lowest BCUT2D eigenvalue weighted by Crippen LogP contribution is -2.32. The molecule has 88 valence electrons. The molecule has 3 nitrogen and oxygen atoms in total. The predicted molar refractivity (Wildman–Crippen MR) is 66.2 cm³/mol. The molecular weight excluding hydrogens is 210 g/mol. The SMILES string of the molecule is CCOC(=O)/C=C/CNCC(C)(C)SC. The van der Waals surface area contributed by atoms with E-state index in [1.807, 2.05) is 11.8 Å². The first-order valence-electron chi connectivity index (χ1n) is 5.11. The first-order valence-corrected chi connectivity index (χ1v) is 6.33. The summed E-state index contributed by atoms with van der Waals surface area (Å²) in [6.45, 7) is 8.20. The first-order chi connectivity index (χ1) is 7.02. The van der Waals surface area contributed by atoms with Crippen molar-refractivity contribution in [2.24, 2.45) is 0 Å². The average Bonchev–Trinajstić information content (AvgIpc) is 2.17. The average molecular weight is 231 g/mol. The molecule has 4 heteroatoms. The van der Waals surface area contributed by atoms with Gasteiger partial charge in [0.1, 0.15) is 0 Å². The number of rotatable bonds is 7. The molecule has 0 radical (unpaired) electrons. The van der Waals surface area contributed by atoms with Crippen molar-refractivity contribution < 1.29 is 9.53 Å². The van der Waals surface area contributed by atoms with Crippen molar-refractivity contribution in [1.29, 1.82) is 0 Å². The monoisotopic (exact) mass is 231 g/mol. The van der Waals surface area contributed by atoms with E-state index >= 15 is 0 Å². The first kappa shape index (κ1) is 14.5. The molecule has 0 aliphatic rings. The van der Waals surface area contributed by atoms with Crippen LogP contribution in [0.5, 0.6) is 0 Å². The lowest BCUT2D eigenvalue weighted by molar-refractivity contribution is -0.137. The summed E-state index contributed by atoms with van der Waals surface area (Å²) < 4.78 is 4.99.